The summed E-state index contributed by atoms with van der Waals surface area (Å²) in [6, 6.07) is 7.99. The van der Waals surface area contributed by atoms with Gasteiger partial charge in [-0.15, -0.1) is 0 Å². The van der Waals surface area contributed by atoms with Crippen molar-refractivity contribution in [2.75, 3.05) is 12.3 Å². The first-order chi connectivity index (χ1) is 9.71. The van der Waals surface area contributed by atoms with Gasteiger partial charge >= 0.3 is 0 Å². The van der Waals surface area contributed by atoms with E-state index in [1.165, 1.54) is 5.69 Å². The van der Waals surface area contributed by atoms with Crippen molar-refractivity contribution in [2.45, 2.75) is 40.0 Å². The normalized spacial score (nSPS) is 10.8. The lowest BCUT2D eigenvalue weighted by Crippen LogP contribution is -2.07. The molecule has 0 saturated carbocycles. The fourth-order valence-corrected chi connectivity index (χ4v) is 2.16. The number of hydrogen-bond acceptors (Lipinski definition) is 3. The second kappa shape index (κ2) is 6.46. The molecule has 2 aromatic rings. The van der Waals surface area contributed by atoms with Gasteiger partial charge in [-0.05, 0) is 37.5 Å². The van der Waals surface area contributed by atoms with Crippen LogP contribution in [0.5, 0.6) is 5.75 Å². The minimum Gasteiger partial charge on any atom is -0.491 e. The Morgan fingerprint density at radius 1 is 1.20 bits per heavy atom. The summed E-state index contributed by atoms with van der Waals surface area (Å²) in [6.45, 7) is 6.99. The molecule has 4 nitrogen and oxygen atoms in total. The molecule has 0 aliphatic heterocycles. The van der Waals surface area contributed by atoms with E-state index in [1.807, 2.05) is 22.9 Å². The summed E-state index contributed by atoms with van der Waals surface area (Å²) in [5, 5.41) is 4.63. The van der Waals surface area contributed by atoms with Crippen molar-refractivity contribution in [1.82, 2.24) is 9.78 Å². The number of para-hydroxylation sites is 1. The largest absolute Gasteiger partial charge is 0.491 e. The minimum absolute atomic E-state index is 0.654. The maximum atomic E-state index is 6.24. The third-order valence-electron chi connectivity index (χ3n) is 3.29. The van der Waals surface area contributed by atoms with Gasteiger partial charge in [0.2, 0.25) is 0 Å². The lowest BCUT2D eigenvalue weighted by molar-refractivity contribution is 0.319. The number of anilines is 1. The zero-order valence-corrected chi connectivity index (χ0v) is 12.5. The van der Waals surface area contributed by atoms with Crippen LogP contribution < -0.4 is 10.5 Å². The van der Waals surface area contributed by atoms with Gasteiger partial charge in [0.25, 0.3) is 0 Å². The van der Waals surface area contributed by atoms with E-state index in [9.17, 15) is 0 Å². The Hall–Kier alpha value is -1.97. The Morgan fingerprint density at radius 3 is 2.65 bits per heavy atom. The molecule has 0 aliphatic carbocycles. The highest BCUT2D eigenvalue weighted by atomic mass is 16.5. The maximum absolute atomic E-state index is 6.24. The van der Waals surface area contributed by atoms with Gasteiger partial charge in [-0.3, -0.25) is 0 Å². The Kier molecular flexibility index (Phi) is 4.66. The smallest absolute Gasteiger partial charge is 0.144 e. The standard InChI is InChI=1S/C16H23N3O/c1-4-10-20-15-9-7-8-14(16(15)17)19-13(6-3)11-12(5-2)18-19/h7-9,11H,4-6,10,17H2,1-3H3. The number of nitrogens with zero attached hydrogens (tertiary/aromatic N) is 2. The Balaban J connectivity index is 2.44. The van der Waals surface area contributed by atoms with E-state index in [0.29, 0.717) is 12.3 Å². The highest BCUT2D eigenvalue weighted by Gasteiger charge is 2.12. The number of hydrogen-bond donors (Lipinski definition) is 1. The van der Waals surface area contributed by atoms with Crippen LogP contribution in [-0.4, -0.2) is 16.4 Å². The molecule has 2 N–H and O–H groups in total. The summed E-state index contributed by atoms with van der Waals surface area (Å²) >= 11 is 0. The number of aromatic nitrogens is 2. The molecular weight excluding hydrogens is 250 g/mol. The van der Waals surface area contributed by atoms with Gasteiger partial charge in [0.15, 0.2) is 0 Å². The Bertz CT molecular complexity index is 575. The van der Waals surface area contributed by atoms with Crippen LogP contribution in [-0.2, 0) is 12.8 Å². The van der Waals surface area contributed by atoms with Crippen LogP contribution in [0.15, 0.2) is 24.3 Å². The van der Waals surface area contributed by atoms with Gasteiger partial charge in [0, 0.05) is 5.69 Å². The van der Waals surface area contributed by atoms with Crippen LogP contribution in [0.25, 0.3) is 5.69 Å². The molecule has 108 valence electrons. The third kappa shape index (κ3) is 2.79. The monoisotopic (exact) mass is 273 g/mol. The van der Waals surface area contributed by atoms with Crippen molar-refractivity contribution in [3.8, 4) is 11.4 Å². The molecule has 0 atom stereocenters. The molecule has 0 bridgehead atoms. The van der Waals surface area contributed by atoms with E-state index >= 15 is 0 Å². The first-order valence-corrected chi connectivity index (χ1v) is 7.30. The topological polar surface area (TPSA) is 53.1 Å². The van der Waals surface area contributed by atoms with E-state index in [0.717, 1.165) is 36.4 Å². The van der Waals surface area contributed by atoms with Crippen molar-refractivity contribution in [2.24, 2.45) is 0 Å². The lowest BCUT2D eigenvalue weighted by atomic mass is 10.2. The van der Waals surface area contributed by atoms with Crippen LogP contribution >= 0.6 is 0 Å². The average Bonchev–Trinajstić information content (AvgIpc) is 2.89. The first-order valence-electron chi connectivity index (χ1n) is 7.30. The minimum atomic E-state index is 0.654. The number of benzene rings is 1. The quantitative estimate of drug-likeness (QED) is 0.821. The molecule has 0 amide bonds. The highest BCUT2D eigenvalue weighted by Crippen LogP contribution is 2.29. The highest BCUT2D eigenvalue weighted by molar-refractivity contribution is 5.66. The molecule has 0 radical (unpaired) electrons. The second-order valence-corrected chi connectivity index (χ2v) is 4.78. The molecule has 0 unspecified atom stereocenters. The van der Waals surface area contributed by atoms with Gasteiger partial charge in [0.05, 0.1) is 18.0 Å². The van der Waals surface area contributed by atoms with Crippen molar-refractivity contribution in [3.05, 3.63) is 35.7 Å². The van der Waals surface area contributed by atoms with Crippen LogP contribution in [0.1, 0.15) is 38.6 Å². The zero-order valence-electron chi connectivity index (χ0n) is 12.5. The number of rotatable bonds is 6. The zero-order chi connectivity index (χ0) is 14.5. The molecule has 1 heterocycles. The number of nitrogens with two attached hydrogens (primary N) is 1. The number of aryl methyl sites for hydroxylation is 2. The average molecular weight is 273 g/mol. The van der Waals surface area contributed by atoms with Crippen molar-refractivity contribution in [3.63, 3.8) is 0 Å². The van der Waals surface area contributed by atoms with E-state index in [1.54, 1.807) is 0 Å². The summed E-state index contributed by atoms with van der Waals surface area (Å²) in [4.78, 5) is 0. The Labute approximate surface area is 120 Å². The van der Waals surface area contributed by atoms with Crippen LogP contribution in [0.3, 0.4) is 0 Å². The predicted octanol–water partition coefficient (Wildman–Crippen LogP) is 3.37. The maximum Gasteiger partial charge on any atom is 0.144 e. The predicted molar refractivity (Wildman–Crippen MR) is 82.5 cm³/mol. The van der Waals surface area contributed by atoms with Crippen molar-refractivity contribution < 1.29 is 4.74 Å². The summed E-state index contributed by atoms with van der Waals surface area (Å²) in [5.41, 5.74) is 10.0. The van der Waals surface area contributed by atoms with Crippen LogP contribution in [0.2, 0.25) is 0 Å². The fourth-order valence-electron chi connectivity index (χ4n) is 2.16. The lowest BCUT2D eigenvalue weighted by Gasteiger charge is -2.13. The third-order valence-corrected chi connectivity index (χ3v) is 3.29. The van der Waals surface area contributed by atoms with Crippen molar-refractivity contribution in [1.29, 1.82) is 0 Å². The van der Waals surface area contributed by atoms with Crippen LogP contribution in [0.4, 0.5) is 5.69 Å². The molecule has 0 fully saturated rings. The molecule has 0 saturated heterocycles. The van der Waals surface area contributed by atoms with Gasteiger partial charge in [-0.25, -0.2) is 4.68 Å². The molecule has 0 spiro atoms. The van der Waals surface area contributed by atoms with Crippen LogP contribution in [0, 0.1) is 0 Å². The summed E-state index contributed by atoms with van der Waals surface area (Å²) in [7, 11) is 0. The van der Waals surface area contributed by atoms with E-state index in [-0.39, 0.29) is 0 Å². The Morgan fingerprint density at radius 2 is 2.00 bits per heavy atom. The van der Waals surface area contributed by atoms with E-state index < -0.39 is 0 Å². The number of ether oxygens (including phenoxy) is 1. The summed E-state index contributed by atoms with van der Waals surface area (Å²) in [5.74, 6) is 0.736. The second-order valence-electron chi connectivity index (χ2n) is 4.78. The van der Waals surface area contributed by atoms with Gasteiger partial charge in [0.1, 0.15) is 11.4 Å². The molecule has 4 heteroatoms. The summed E-state index contributed by atoms with van der Waals surface area (Å²) in [6.07, 6.45) is 2.81. The van der Waals surface area contributed by atoms with E-state index in [4.69, 9.17) is 10.5 Å². The summed E-state index contributed by atoms with van der Waals surface area (Å²) < 4.78 is 7.63. The first kappa shape index (κ1) is 14.4. The van der Waals surface area contributed by atoms with Gasteiger partial charge in [-0.2, -0.15) is 5.10 Å². The molecule has 20 heavy (non-hydrogen) atoms. The van der Waals surface area contributed by atoms with Crippen molar-refractivity contribution >= 4 is 5.69 Å². The molecule has 2 rings (SSSR count). The van der Waals surface area contributed by atoms with Gasteiger partial charge in [-0.1, -0.05) is 26.8 Å². The number of nitrogen functional groups attached to an aromatic ring is 1. The molecule has 0 aliphatic rings. The van der Waals surface area contributed by atoms with Gasteiger partial charge < -0.3 is 10.5 Å². The molecule has 1 aromatic heterocycles. The molecule has 1 aromatic carbocycles. The van der Waals surface area contributed by atoms with E-state index in [2.05, 4.69) is 31.9 Å². The SMILES string of the molecule is CCCOc1cccc(-n2nc(CC)cc2CC)c1N. The fraction of sp³-hybridized carbons (Fsp3) is 0.438. The molecular formula is C16H23N3O.